The van der Waals surface area contributed by atoms with Crippen LogP contribution in [0.25, 0.3) is 0 Å². The monoisotopic (exact) mass is 208 g/mol. The van der Waals surface area contributed by atoms with Crippen molar-refractivity contribution in [2.75, 3.05) is 13.2 Å². The number of rotatable bonds is 7. The molecule has 0 spiro atoms. The molecule has 84 valence electrons. The zero-order valence-electron chi connectivity index (χ0n) is 9.83. The van der Waals surface area contributed by atoms with Gasteiger partial charge in [0.15, 0.2) is 0 Å². The van der Waals surface area contributed by atoms with E-state index in [0.29, 0.717) is 0 Å². The van der Waals surface area contributed by atoms with Gasteiger partial charge in [-0.3, -0.25) is 0 Å². The molecule has 0 amide bonds. The number of hydrogen-bond donors (Lipinski definition) is 1. The maximum absolute atomic E-state index is 5.75. The van der Waals surface area contributed by atoms with Crippen LogP contribution in [-0.4, -0.2) is 13.2 Å². The van der Waals surface area contributed by atoms with Crippen LogP contribution < -0.4 is 10.1 Å². The third-order valence-electron chi connectivity index (χ3n) is 2.38. The molecule has 0 aliphatic rings. The minimum Gasteiger partial charge on any atom is -0.493 e. The van der Waals surface area contributed by atoms with Gasteiger partial charge < -0.3 is 10.1 Å². The molecular weight excluding hydrogens is 186 g/mol. The molecule has 1 aromatic carbocycles. The summed E-state index contributed by atoms with van der Waals surface area (Å²) in [5.74, 6) is 1.05. The highest BCUT2D eigenvalue weighted by atomic mass is 16.5. The van der Waals surface area contributed by atoms with Crippen LogP contribution in [0.3, 0.4) is 0 Å². The summed E-state index contributed by atoms with van der Waals surface area (Å²) < 4.78 is 5.75. The average Bonchev–Trinajstić information content (AvgIpc) is 2.28. The van der Waals surface area contributed by atoms with Gasteiger partial charge in [0.1, 0.15) is 12.3 Å². The number of ether oxygens (including phenoxy) is 1. The Hall–Kier alpha value is -1.02. The number of hydrogen-bond acceptors (Lipinski definition) is 1. The van der Waals surface area contributed by atoms with E-state index in [0.717, 1.165) is 31.9 Å². The molecule has 2 nitrogen and oxygen atoms in total. The van der Waals surface area contributed by atoms with E-state index in [2.05, 4.69) is 37.4 Å². The summed E-state index contributed by atoms with van der Waals surface area (Å²) in [6, 6.07) is 8.32. The van der Waals surface area contributed by atoms with E-state index in [9.17, 15) is 0 Å². The van der Waals surface area contributed by atoms with Gasteiger partial charge >= 0.3 is 0 Å². The maximum atomic E-state index is 5.75. The Morgan fingerprint density at radius 2 is 2.00 bits per heavy atom. The first kappa shape index (κ1) is 12.1. The Bertz CT molecular complexity index is 273. The molecule has 15 heavy (non-hydrogen) atoms. The fourth-order valence-corrected chi connectivity index (χ4v) is 1.44. The second-order valence-electron chi connectivity index (χ2n) is 3.71. The molecule has 0 fully saturated rings. The molecule has 0 atom stereocenters. The van der Waals surface area contributed by atoms with Crippen LogP contribution in [0, 0.1) is 0 Å². The summed E-state index contributed by atoms with van der Waals surface area (Å²) in [6.07, 6.45) is 2.31. The molecular formula is C13H22NO+. The van der Waals surface area contributed by atoms with Crippen molar-refractivity contribution in [3.05, 3.63) is 29.8 Å². The Labute approximate surface area is 92.6 Å². The Kier molecular flexibility index (Phi) is 5.86. The van der Waals surface area contributed by atoms with Crippen molar-refractivity contribution in [2.24, 2.45) is 0 Å². The smallest absolute Gasteiger partial charge is 0.128 e. The minimum atomic E-state index is 0.833. The normalized spacial score (nSPS) is 10.3. The predicted molar refractivity (Wildman–Crippen MR) is 63.0 cm³/mol. The van der Waals surface area contributed by atoms with Crippen LogP contribution in [0.4, 0.5) is 0 Å². The minimum absolute atomic E-state index is 0.833. The summed E-state index contributed by atoms with van der Waals surface area (Å²) in [7, 11) is 0. The van der Waals surface area contributed by atoms with Gasteiger partial charge in [0.25, 0.3) is 0 Å². The highest BCUT2D eigenvalue weighted by Gasteiger charge is 2.03. The van der Waals surface area contributed by atoms with E-state index in [-0.39, 0.29) is 0 Å². The zero-order chi connectivity index (χ0) is 10.9. The standard InChI is InChI=1S/C13H21NO/c1-3-5-10-15-13-9-7-6-8-12(13)11-14-4-2/h6-9,14H,3-5,10-11H2,1-2H3/p+1. The molecule has 0 heterocycles. The Morgan fingerprint density at radius 1 is 1.20 bits per heavy atom. The third-order valence-corrected chi connectivity index (χ3v) is 2.38. The highest BCUT2D eigenvalue weighted by molar-refractivity contribution is 5.32. The summed E-state index contributed by atoms with van der Waals surface area (Å²) in [4.78, 5) is 0. The van der Waals surface area contributed by atoms with E-state index in [1.807, 2.05) is 6.07 Å². The Balaban J connectivity index is 2.52. The van der Waals surface area contributed by atoms with E-state index >= 15 is 0 Å². The number of unbranched alkanes of at least 4 members (excludes halogenated alkanes) is 1. The lowest BCUT2D eigenvalue weighted by Gasteiger charge is -2.09. The second-order valence-corrected chi connectivity index (χ2v) is 3.71. The second kappa shape index (κ2) is 7.30. The zero-order valence-corrected chi connectivity index (χ0v) is 9.83. The molecule has 2 heteroatoms. The van der Waals surface area contributed by atoms with Crippen molar-refractivity contribution in [1.82, 2.24) is 0 Å². The SMILES string of the molecule is CCCCOc1ccccc1C[NH2+]CC. The molecule has 1 rings (SSSR count). The van der Waals surface area contributed by atoms with Gasteiger partial charge in [-0.05, 0) is 25.5 Å². The van der Waals surface area contributed by atoms with Gasteiger partial charge in [0, 0.05) is 5.56 Å². The van der Waals surface area contributed by atoms with Crippen LogP contribution in [-0.2, 0) is 6.54 Å². The molecule has 0 radical (unpaired) electrons. The number of para-hydroxylation sites is 1. The molecule has 0 unspecified atom stereocenters. The van der Waals surface area contributed by atoms with Crippen molar-refractivity contribution in [2.45, 2.75) is 33.2 Å². The molecule has 2 N–H and O–H groups in total. The maximum Gasteiger partial charge on any atom is 0.128 e. The fraction of sp³-hybridized carbons (Fsp3) is 0.538. The molecule has 0 bridgehead atoms. The molecule has 1 aromatic rings. The van der Waals surface area contributed by atoms with Crippen LogP contribution in [0.1, 0.15) is 32.3 Å². The average molecular weight is 208 g/mol. The van der Waals surface area contributed by atoms with Crippen LogP contribution in [0.5, 0.6) is 5.75 Å². The van der Waals surface area contributed by atoms with Crippen LogP contribution in [0.2, 0.25) is 0 Å². The largest absolute Gasteiger partial charge is 0.493 e. The third kappa shape index (κ3) is 4.34. The summed E-state index contributed by atoms with van der Waals surface area (Å²) in [5.41, 5.74) is 1.30. The molecule has 0 aliphatic carbocycles. The number of nitrogens with two attached hydrogens (primary N) is 1. The summed E-state index contributed by atoms with van der Waals surface area (Å²) >= 11 is 0. The highest BCUT2D eigenvalue weighted by Crippen LogP contribution is 2.16. The lowest BCUT2D eigenvalue weighted by atomic mass is 10.2. The van der Waals surface area contributed by atoms with Crippen LogP contribution >= 0.6 is 0 Å². The lowest BCUT2D eigenvalue weighted by Crippen LogP contribution is -2.81. The van der Waals surface area contributed by atoms with Gasteiger partial charge in [-0.1, -0.05) is 25.5 Å². The number of benzene rings is 1. The van der Waals surface area contributed by atoms with E-state index in [1.54, 1.807) is 0 Å². The van der Waals surface area contributed by atoms with Crippen molar-refractivity contribution >= 4 is 0 Å². The number of quaternary nitrogens is 1. The van der Waals surface area contributed by atoms with Crippen molar-refractivity contribution in [3.8, 4) is 5.75 Å². The molecule has 0 aliphatic heterocycles. The fourth-order valence-electron chi connectivity index (χ4n) is 1.44. The van der Waals surface area contributed by atoms with Crippen molar-refractivity contribution < 1.29 is 10.1 Å². The predicted octanol–water partition coefficient (Wildman–Crippen LogP) is 1.95. The van der Waals surface area contributed by atoms with E-state index in [1.165, 1.54) is 12.0 Å². The van der Waals surface area contributed by atoms with Gasteiger partial charge in [-0.2, -0.15) is 0 Å². The summed E-state index contributed by atoms with van der Waals surface area (Å²) in [6.45, 7) is 7.31. The van der Waals surface area contributed by atoms with E-state index < -0.39 is 0 Å². The quantitative estimate of drug-likeness (QED) is 0.681. The van der Waals surface area contributed by atoms with Gasteiger partial charge in [-0.15, -0.1) is 0 Å². The first-order valence-corrected chi connectivity index (χ1v) is 5.90. The van der Waals surface area contributed by atoms with E-state index in [4.69, 9.17) is 4.74 Å². The van der Waals surface area contributed by atoms with Crippen molar-refractivity contribution in [3.63, 3.8) is 0 Å². The first-order valence-electron chi connectivity index (χ1n) is 5.90. The van der Waals surface area contributed by atoms with Crippen LogP contribution in [0.15, 0.2) is 24.3 Å². The van der Waals surface area contributed by atoms with Crippen molar-refractivity contribution in [1.29, 1.82) is 0 Å². The Morgan fingerprint density at radius 3 is 2.73 bits per heavy atom. The lowest BCUT2D eigenvalue weighted by molar-refractivity contribution is -0.667. The molecule has 0 saturated heterocycles. The van der Waals surface area contributed by atoms with Gasteiger partial charge in [0.2, 0.25) is 0 Å². The molecule has 0 saturated carbocycles. The first-order chi connectivity index (χ1) is 7.38. The van der Waals surface area contributed by atoms with Gasteiger partial charge in [0.05, 0.1) is 13.2 Å². The molecule has 0 aromatic heterocycles. The van der Waals surface area contributed by atoms with Gasteiger partial charge in [-0.25, -0.2) is 0 Å². The summed E-state index contributed by atoms with van der Waals surface area (Å²) in [5, 5.41) is 2.28. The topological polar surface area (TPSA) is 25.8 Å².